The first kappa shape index (κ1) is 13.4. The van der Waals surface area contributed by atoms with Crippen molar-refractivity contribution in [3.05, 3.63) is 54.6 Å². The molecule has 1 unspecified atom stereocenters. The summed E-state index contributed by atoms with van der Waals surface area (Å²) in [6.45, 7) is 3.60. The minimum Gasteiger partial charge on any atom is -0.252 e. The predicted octanol–water partition coefficient (Wildman–Crippen LogP) is 1.31. The summed E-state index contributed by atoms with van der Waals surface area (Å²) in [7, 11) is 0. The number of benzene rings is 1. The Labute approximate surface area is 122 Å². The third-order valence-electron chi connectivity index (χ3n) is 3.86. The highest BCUT2D eigenvalue weighted by atomic mass is 15.5. The zero-order valence-corrected chi connectivity index (χ0v) is 11.9. The van der Waals surface area contributed by atoms with E-state index in [1.54, 1.807) is 17.2 Å². The van der Waals surface area contributed by atoms with E-state index < -0.39 is 0 Å². The molecule has 21 heavy (non-hydrogen) atoms. The second kappa shape index (κ2) is 5.82. The first-order chi connectivity index (χ1) is 10.3. The molecule has 0 saturated heterocycles. The minimum absolute atomic E-state index is 0.135. The van der Waals surface area contributed by atoms with Crippen molar-refractivity contribution in [2.24, 2.45) is 0 Å². The van der Waals surface area contributed by atoms with Crippen LogP contribution in [0.3, 0.4) is 0 Å². The van der Waals surface area contributed by atoms with Gasteiger partial charge < -0.3 is 0 Å². The van der Waals surface area contributed by atoms with Gasteiger partial charge >= 0.3 is 0 Å². The van der Waals surface area contributed by atoms with Crippen molar-refractivity contribution in [3.8, 4) is 0 Å². The van der Waals surface area contributed by atoms with Gasteiger partial charge in [0, 0.05) is 11.6 Å². The summed E-state index contributed by atoms with van der Waals surface area (Å²) in [5, 5.41) is 19.5. The Morgan fingerprint density at radius 2 is 1.81 bits per heavy atom. The highest BCUT2D eigenvalue weighted by molar-refractivity contribution is 5.25. The SMILES string of the molecule is CCC(Cn1ccnn1)(Cn1cnnn1)c1ccccc1. The number of nitrogens with zero attached hydrogens (tertiary/aromatic N) is 7. The van der Waals surface area contributed by atoms with Crippen LogP contribution in [-0.2, 0) is 18.5 Å². The molecule has 7 nitrogen and oxygen atoms in total. The van der Waals surface area contributed by atoms with E-state index in [0.29, 0.717) is 6.54 Å². The maximum Gasteiger partial charge on any atom is 0.138 e. The van der Waals surface area contributed by atoms with Gasteiger partial charge in [-0.05, 0) is 22.4 Å². The number of hydrogen-bond donors (Lipinski definition) is 0. The summed E-state index contributed by atoms with van der Waals surface area (Å²) in [5.74, 6) is 0. The van der Waals surface area contributed by atoms with Gasteiger partial charge in [0.05, 0.1) is 19.3 Å². The first-order valence-corrected chi connectivity index (χ1v) is 6.93. The Balaban J connectivity index is 1.99. The predicted molar refractivity (Wildman–Crippen MR) is 76.3 cm³/mol. The van der Waals surface area contributed by atoms with Gasteiger partial charge in [0.1, 0.15) is 6.33 Å². The molecule has 2 aromatic heterocycles. The Morgan fingerprint density at radius 1 is 1.00 bits per heavy atom. The lowest BCUT2D eigenvalue weighted by molar-refractivity contribution is 0.272. The van der Waals surface area contributed by atoms with Crippen molar-refractivity contribution in [3.63, 3.8) is 0 Å². The fourth-order valence-corrected chi connectivity index (χ4v) is 2.64. The molecule has 0 bridgehead atoms. The van der Waals surface area contributed by atoms with E-state index in [2.05, 4.69) is 57.0 Å². The molecule has 0 radical (unpaired) electrons. The number of tetrazole rings is 1. The second-order valence-corrected chi connectivity index (χ2v) is 5.11. The molecule has 1 aromatic carbocycles. The topological polar surface area (TPSA) is 74.3 Å². The van der Waals surface area contributed by atoms with Crippen LogP contribution in [-0.4, -0.2) is 35.2 Å². The second-order valence-electron chi connectivity index (χ2n) is 5.11. The molecule has 3 aromatic rings. The van der Waals surface area contributed by atoms with E-state index in [1.165, 1.54) is 5.56 Å². The minimum atomic E-state index is -0.135. The summed E-state index contributed by atoms with van der Waals surface area (Å²) in [5.41, 5.74) is 1.11. The van der Waals surface area contributed by atoms with E-state index in [4.69, 9.17) is 0 Å². The Kier molecular flexibility index (Phi) is 3.72. The van der Waals surface area contributed by atoms with Crippen molar-refractivity contribution >= 4 is 0 Å². The first-order valence-electron chi connectivity index (χ1n) is 6.93. The van der Waals surface area contributed by atoms with Crippen molar-refractivity contribution < 1.29 is 0 Å². The maximum absolute atomic E-state index is 4.11. The van der Waals surface area contributed by atoms with Crippen LogP contribution < -0.4 is 0 Å². The van der Waals surface area contributed by atoms with Gasteiger partial charge in [-0.2, -0.15) is 0 Å². The molecule has 2 heterocycles. The van der Waals surface area contributed by atoms with Crippen molar-refractivity contribution in [2.75, 3.05) is 0 Å². The van der Waals surface area contributed by atoms with Gasteiger partial charge in [-0.15, -0.1) is 10.2 Å². The van der Waals surface area contributed by atoms with Crippen LogP contribution in [0.25, 0.3) is 0 Å². The Hall–Kier alpha value is -2.57. The molecule has 108 valence electrons. The summed E-state index contributed by atoms with van der Waals surface area (Å²) >= 11 is 0. The Morgan fingerprint density at radius 3 is 2.43 bits per heavy atom. The molecule has 1 atom stereocenters. The zero-order chi connectivity index (χ0) is 14.5. The molecule has 0 aliphatic heterocycles. The maximum atomic E-state index is 4.11. The molecule has 0 aliphatic carbocycles. The van der Waals surface area contributed by atoms with E-state index in [-0.39, 0.29) is 5.41 Å². The lowest BCUT2D eigenvalue weighted by Gasteiger charge is -2.32. The van der Waals surface area contributed by atoms with Crippen LogP contribution in [0.4, 0.5) is 0 Å². The third-order valence-corrected chi connectivity index (χ3v) is 3.86. The molecule has 0 saturated carbocycles. The molecule has 0 spiro atoms. The molecule has 0 N–H and O–H groups in total. The van der Waals surface area contributed by atoms with E-state index in [9.17, 15) is 0 Å². The monoisotopic (exact) mass is 283 g/mol. The average molecular weight is 283 g/mol. The summed E-state index contributed by atoms with van der Waals surface area (Å²) in [6, 6.07) is 10.4. The summed E-state index contributed by atoms with van der Waals surface area (Å²) in [4.78, 5) is 0. The van der Waals surface area contributed by atoms with Gasteiger partial charge in [-0.1, -0.05) is 42.5 Å². The van der Waals surface area contributed by atoms with Gasteiger partial charge in [-0.25, -0.2) is 4.68 Å². The smallest absolute Gasteiger partial charge is 0.138 e. The fraction of sp³-hybridized carbons (Fsp3) is 0.357. The van der Waals surface area contributed by atoms with E-state index >= 15 is 0 Å². The fourth-order valence-electron chi connectivity index (χ4n) is 2.64. The number of hydrogen-bond acceptors (Lipinski definition) is 5. The van der Waals surface area contributed by atoms with Gasteiger partial charge in [0.25, 0.3) is 0 Å². The Bertz CT molecular complexity index is 610. The highest BCUT2D eigenvalue weighted by Crippen LogP contribution is 2.31. The lowest BCUT2D eigenvalue weighted by atomic mass is 9.78. The van der Waals surface area contributed by atoms with Crippen LogP contribution in [0, 0.1) is 0 Å². The van der Waals surface area contributed by atoms with Crippen molar-refractivity contribution in [2.45, 2.75) is 31.8 Å². The highest BCUT2D eigenvalue weighted by Gasteiger charge is 2.32. The van der Waals surface area contributed by atoms with Gasteiger partial charge in [0.15, 0.2) is 0 Å². The zero-order valence-electron chi connectivity index (χ0n) is 11.9. The average Bonchev–Trinajstić information content (AvgIpc) is 3.21. The van der Waals surface area contributed by atoms with Crippen LogP contribution in [0.1, 0.15) is 18.9 Å². The van der Waals surface area contributed by atoms with E-state index in [1.807, 2.05) is 16.9 Å². The molecular formula is C14H17N7. The van der Waals surface area contributed by atoms with Gasteiger partial charge in [0.2, 0.25) is 0 Å². The quantitative estimate of drug-likeness (QED) is 0.682. The van der Waals surface area contributed by atoms with Crippen LogP contribution >= 0.6 is 0 Å². The summed E-state index contributed by atoms with van der Waals surface area (Å²) < 4.78 is 3.63. The van der Waals surface area contributed by atoms with Crippen molar-refractivity contribution in [1.82, 2.24) is 35.2 Å². The lowest BCUT2D eigenvalue weighted by Crippen LogP contribution is -2.36. The standard InChI is InChI=1S/C14H17N7/c1-2-14(10-20-9-8-15-18-20,11-21-12-16-17-19-21)13-6-4-3-5-7-13/h3-9,12H,2,10-11H2,1H3. The molecule has 7 heteroatoms. The van der Waals surface area contributed by atoms with E-state index in [0.717, 1.165) is 13.0 Å². The summed E-state index contributed by atoms with van der Waals surface area (Å²) in [6.07, 6.45) is 6.17. The molecule has 0 aliphatic rings. The third kappa shape index (κ3) is 2.81. The number of aromatic nitrogens is 7. The van der Waals surface area contributed by atoms with Crippen LogP contribution in [0.15, 0.2) is 49.1 Å². The largest absolute Gasteiger partial charge is 0.252 e. The normalized spacial score (nSPS) is 14.0. The van der Waals surface area contributed by atoms with Gasteiger partial charge in [-0.3, -0.25) is 4.68 Å². The molecule has 0 amide bonds. The van der Waals surface area contributed by atoms with Crippen LogP contribution in [0.5, 0.6) is 0 Å². The van der Waals surface area contributed by atoms with Crippen molar-refractivity contribution in [1.29, 1.82) is 0 Å². The van der Waals surface area contributed by atoms with Crippen LogP contribution in [0.2, 0.25) is 0 Å². The number of rotatable bonds is 6. The molecule has 0 fully saturated rings. The molecule has 3 rings (SSSR count). The molecular weight excluding hydrogens is 266 g/mol.